The van der Waals surface area contributed by atoms with E-state index in [9.17, 15) is 19.4 Å². The molecule has 0 aromatic rings. The lowest BCUT2D eigenvalue weighted by molar-refractivity contribution is -0.870. The van der Waals surface area contributed by atoms with Crippen LogP contribution in [0.3, 0.4) is 0 Å². The van der Waals surface area contributed by atoms with Gasteiger partial charge < -0.3 is 28.8 Å². The number of hydrogen-bond donors (Lipinski definition) is 2. The van der Waals surface area contributed by atoms with Crippen LogP contribution >= 0.6 is 7.82 Å². The van der Waals surface area contributed by atoms with Crippen LogP contribution in [0.5, 0.6) is 0 Å². The second-order valence-corrected chi connectivity index (χ2v) is 18.1. The lowest BCUT2D eigenvalue weighted by Crippen LogP contribution is -2.45. The molecule has 0 aromatic carbocycles. The molecule has 0 aromatic heterocycles. The van der Waals surface area contributed by atoms with Crippen LogP contribution in [0, 0.1) is 0 Å². The Bertz CT molecular complexity index is 1170. The molecule has 336 valence electrons. The van der Waals surface area contributed by atoms with E-state index in [0.717, 1.165) is 89.9 Å². The quantitative estimate of drug-likeness (QED) is 0.0275. The molecule has 0 aliphatic rings. The Kier molecular flexibility index (Phi) is 38.9. The highest BCUT2D eigenvalue weighted by molar-refractivity contribution is 7.45. The molecule has 2 N–H and O–H groups in total. The van der Waals surface area contributed by atoms with Gasteiger partial charge in [-0.1, -0.05) is 183 Å². The summed E-state index contributed by atoms with van der Waals surface area (Å²) >= 11 is 0. The topological polar surface area (TPSA) is 108 Å². The normalized spacial score (nSPS) is 14.9. The maximum atomic E-state index is 12.9. The smallest absolute Gasteiger partial charge is 0.268 e. The van der Waals surface area contributed by atoms with Gasteiger partial charge >= 0.3 is 0 Å². The summed E-state index contributed by atoms with van der Waals surface area (Å²) in [7, 11) is 1.23. The van der Waals surface area contributed by atoms with Crippen molar-refractivity contribution < 1.29 is 32.9 Å². The minimum atomic E-state index is -4.60. The number of nitrogens with zero attached hydrogens (tertiary/aromatic N) is 1. The molecule has 0 radical (unpaired) electrons. The fourth-order valence-electron chi connectivity index (χ4n) is 6.24. The first-order chi connectivity index (χ1) is 28.0. The van der Waals surface area contributed by atoms with Gasteiger partial charge in [0.2, 0.25) is 5.91 Å². The standard InChI is InChI=1S/C49H89N2O6P/c1-6-8-10-12-14-16-18-20-22-23-24-25-26-27-29-31-33-35-37-39-41-43-49(53)50-47(46-57-58(54,55)56-45-44-51(3,4)5)48(52)42-40-38-36-34-32-30-28-21-19-17-15-13-11-9-7-2/h8,10,14,16,20,22,24-25,27,29,40,42,47-48,52H,6-7,9,11-13,15,17-19,21,23,26,28,30-39,41,43-46H2,1-5H3,(H-,50,53,54,55)/b10-8-,16-14-,22-20-,25-24-,29-27-,42-40+. The monoisotopic (exact) mass is 833 g/mol. The average molecular weight is 833 g/mol. The first-order valence-corrected chi connectivity index (χ1v) is 24.8. The van der Waals surface area contributed by atoms with Crippen molar-refractivity contribution in [2.75, 3.05) is 40.9 Å². The number of amides is 1. The number of phosphoric ester groups is 1. The minimum Gasteiger partial charge on any atom is -0.756 e. The number of allylic oxidation sites excluding steroid dienone is 11. The molecule has 0 spiro atoms. The number of aliphatic hydroxyl groups is 1. The van der Waals surface area contributed by atoms with Crippen LogP contribution in [-0.4, -0.2) is 68.5 Å². The number of nitrogens with one attached hydrogen (secondary N) is 1. The van der Waals surface area contributed by atoms with Gasteiger partial charge in [0.25, 0.3) is 7.82 Å². The number of phosphoric acid groups is 1. The molecule has 1 amide bonds. The highest BCUT2D eigenvalue weighted by Crippen LogP contribution is 2.38. The van der Waals surface area contributed by atoms with Crippen molar-refractivity contribution in [1.82, 2.24) is 5.32 Å². The van der Waals surface area contributed by atoms with Gasteiger partial charge in [0.1, 0.15) is 13.2 Å². The molecule has 0 aliphatic heterocycles. The summed E-state index contributed by atoms with van der Waals surface area (Å²) in [5.41, 5.74) is 0. The number of quaternary nitrogens is 1. The van der Waals surface area contributed by atoms with Crippen molar-refractivity contribution in [3.05, 3.63) is 72.9 Å². The molecule has 0 saturated heterocycles. The summed E-state index contributed by atoms with van der Waals surface area (Å²) < 4.78 is 23.2. The van der Waals surface area contributed by atoms with Gasteiger partial charge in [-0.05, 0) is 64.2 Å². The second-order valence-electron chi connectivity index (χ2n) is 16.7. The van der Waals surface area contributed by atoms with E-state index in [0.29, 0.717) is 17.4 Å². The van der Waals surface area contributed by atoms with Gasteiger partial charge in [-0.3, -0.25) is 9.36 Å². The minimum absolute atomic E-state index is 0.00873. The van der Waals surface area contributed by atoms with Crippen molar-refractivity contribution in [3.8, 4) is 0 Å². The summed E-state index contributed by atoms with van der Waals surface area (Å²) in [5, 5.41) is 13.8. The van der Waals surface area contributed by atoms with Gasteiger partial charge in [0, 0.05) is 6.42 Å². The first-order valence-electron chi connectivity index (χ1n) is 23.3. The fourth-order valence-corrected chi connectivity index (χ4v) is 6.96. The Morgan fingerprint density at radius 2 is 1.05 bits per heavy atom. The lowest BCUT2D eigenvalue weighted by Gasteiger charge is -2.29. The van der Waals surface area contributed by atoms with Crippen molar-refractivity contribution in [2.45, 2.75) is 193 Å². The maximum absolute atomic E-state index is 12.9. The van der Waals surface area contributed by atoms with Gasteiger partial charge in [0.05, 0.1) is 39.9 Å². The van der Waals surface area contributed by atoms with Crippen molar-refractivity contribution >= 4 is 13.7 Å². The largest absolute Gasteiger partial charge is 0.756 e. The maximum Gasteiger partial charge on any atom is 0.268 e. The van der Waals surface area contributed by atoms with Gasteiger partial charge in [0.15, 0.2) is 0 Å². The Morgan fingerprint density at radius 3 is 1.53 bits per heavy atom. The summed E-state index contributed by atoms with van der Waals surface area (Å²) in [6, 6.07) is -0.900. The SMILES string of the molecule is CC/C=C\C/C=C\C/C=C\C/C=C\C/C=C\CCCCCCCC(=O)NC(COP(=O)([O-])OCC[N+](C)(C)C)C(O)/C=C/CCCCCCCCCCCCCCC. The molecule has 8 nitrogen and oxygen atoms in total. The van der Waals surface area contributed by atoms with E-state index in [1.165, 1.54) is 70.6 Å². The van der Waals surface area contributed by atoms with Crippen LogP contribution < -0.4 is 10.2 Å². The van der Waals surface area contributed by atoms with Gasteiger partial charge in [-0.25, -0.2) is 0 Å². The Morgan fingerprint density at radius 1 is 0.621 bits per heavy atom. The fraction of sp³-hybridized carbons (Fsp3) is 0.735. The Balaban J connectivity index is 4.44. The first kappa shape index (κ1) is 55.9. The van der Waals surface area contributed by atoms with Crippen LogP contribution in [-0.2, 0) is 18.4 Å². The van der Waals surface area contributed by atoms with Crippen LogP contribution in [0.4, 0.5) is 0 Å². The number of rotatable bonds is 41. The summed E-state index contributed by atoms with van der Waals surface area (Å²) in [6.45, 7) is 4.50. The molecular weight excluding hydrogens is 744 g/mol. The third-order valence-corrected chi connectivity index (χ3v) is 10.9. The summed E-state index contributed by atoms with van der Waals surface area (Å²) in [5.74, 6) is -0.219. The molecule has 0 bridgehead atoms. The van der Waals surface area contributed by atoms with Crippen LogP contribution in [0.15, 0.2) is 72.9 Å². The lowest BCUT2D eigenvalue weighted by atomic mass is 10.0. The number of carbonyl (C=O) groups excluding carboxylic acids is 1. The highest BCUT2D eigenvalue weighted by Gasteiger charge is 2.23. The Hall–Kier alpha value is -2.06. The number of aliphatic hydroxyl groups excluding tert-OH is 1. The molecule has 3 atom stereocenters. The summed E-state index contributed by atoms with van der Waals surface area (Å²) in [6.07, 6.45) is 53.7. The molecule has 0 saturated carbocycles. The number of carbonyl (C=O) groups is 1. The van der Waals surface area contributed by atoms with Gasteiger partial charge in [-0.15, -0.1) is 0 Å². The van der Waals surface area contributed by atoms with Crippen LogP contribution in [0.2, 0.25) is 0 Å². The van der Waals surface area contributed by atoms with E-state index >= 15 is 0 Å². The molecule has 0 rings (SSSR count). The predicted octanol–water partition coefficient (Wildman–Crippen LogP) is 12.6. The predicted molar refractivity (Wildman–Crippen MR) is 247 cm³/mol. The molecular formula is C49H89N2O6P. The van der Waals surface area contributed by atoms with E-state index in [1.54, 1.807) is 6.08 Å². The zero-order valence-corrected chi connectivity index (χ0v) is 38.9. The second kappa shape index (κ2) is 40.4. The highest BCUT2D eigenvalue weighted by atomic mass is 31.2. The molecule has 0 aliphatic carbocycles. The van der Waals surface area contributed by atoms with Crippen molar-refractivity contribution in [1.29, 1.82) is 0 Å². The van der Waals surface area contributed by atoms with E-state index in [2.05, 4.69) is 79.9 Å². The number of likely N-dealkylation sites (N-methyl/N-ethyl adjacent to an activating group) is 1. The van der Waals surface area contributed by atoms with E-state index in [4.69, 9.17) is 9.05 Å². The number of hydrogen-bond acceptors (Lipinski definition) is 6. The zero-order chi connectivity index (χ0) is 42.8. The van der Waals surface area contributed by atoms with Crippen LogP contribution in [0.1, 0.15) is 181 Å². The third-order valence-electron chi connectivity index (χ3n) is 9.92. The zero-order valence-electron chi connectivity index (χ0n) is 38.0. The van der Waals surface area contributed by atoms with Gasteiger partial charge in [-0.2, -0.15) is 0 Å². The van der Waals surface area contributed by atoms with E-state index in [-0.39, 0.29) is 12.5 Å². The summed E-state index contributed by atoms with van der Waals surface area (Å²) in [4.78, 5) is 25.3. The number of unbranched alkanes of at least 4 members (excludes halogenated alkanes) is 18. The van der Waals surface area contributed by atoms with Crippen molar-refractivity contribution in [2.24, 2.45) is 0 Å². The van der Waals surface area contributed by atoms with E-state index < -0.39 is 26.6 Å². The third kappa shape index (κ3) is 42.1. The molecule has 9 heteroatoms. The van der Waals surface area contributed by atoms with Crippen molar-refractivity contribution in [3.63, 3.8) is 0 Å². The molecule has 58 heavy (non-hydrogen) atoms. The average Bonchev–Trinajstić information content (AvgIpc) is 3.17. The van der Waals surface area contributed by atoms with Crippen LogP contribution in [0.25, 0.3) is 0 Å². The molecule has 0 fully saturated rings. The molecule has 0 heterocycles. The van der Waals surface area contributed by atoms with E-state index in [1.807, 2.05) is 27.2 Å². The molecule has 3 unspecified atom stereocenters. The Labute approximate surface area is 357 Å².